The third-order valence-electron chi connectivity index (χ3n) is 3.24. The third kappa shape index (κ3) is 3.40. The maximum atomic E-state index is 4.37. The quantitative estimate of drug-likeness (QED) is 0.789. The lowest BCUT2D eigenvalue weighted by molar-refractivity contribution is 0.430. The van der Waals surface area contributed by atoms with Crippen LogP contribution in [-0.4, -0.2) is 35.6 Å². The minimum Gasteiger partial charge on any atom is -0.337 e. The Balaban J connectivity index is 1.97. The fourth-order valence-corrected chi connectivity index (χ4v) is 2.36. The van der Waals surface area contributed by atoms with Gasteiger partial charge in [0.15, 0.2) is 0 Å². The lowest BCUT2D eigenvalue weighted by Crippen LogP contribution is -2.46. The van der Waals surface area contributed by atoms with Crippen molar-refractivity contribution in [2.45, 2.75) is 38.6 Å². The van der Waals surface area contributed by atoms with Crippen LogP contribution in [-0.2, 0) is 0 Å². The molecule has 0 aromatic carbocycles. The van der Waals surface area contributed by atoms with Gasteiger partial charge in [0.05, 0.1) is 0 Å². The van der Waals surface area contributed by atoms with Crippen molar-refractivity contribution in [2.24, 2.45) is 0 Å². The fourth-order valence-electron chi connectivity index (χ4n) is 2.36. The summed E-state index contributed by atoms with van der Waals surface area (Å²) < 4.78 is 0. The van der Waals surface area contributed by atoms with Crippen LogP contribution in [0.4, 0.5) is 5.95 Å². The second kappa shape index (κ2) is 6.55. The molecule has 0 saturated carbocycles. The number of nitrogens with one attached hydrogen (secondary N) is 1. The van der Waals surface area contributed by atoms with E-state index in [9.17, 15) is 0 Å². The second-order valence-corrected chi connectivity index (χ2v) is 4.60. The van der Waals surface area contributed by atoms with Gasteiger partial charge >= 0.3 is 0 Å². The molecular weight excluding hydrogens is 212 g/mol. The Morgan fingerprint density at radius 1 is 1.35 bits per heavy atom. The molecule has 2 rings (SSSR count). The van der Waals surface area contributed by atoms with E-state index in [1.165, 1.54) is 25.7 Å². The zero-order valence-corrected chi connectivity index (χ0v) is 10.6. The summed E-state index contributed by atoms with van der Waals surface area (Å²) in [6.07, 6.45) is 8.66. The Labute approximate surface area is 103 Å². The molecule has 0 radical (unpaired) electrons. The molecule has 4 heteroatoms. The monoisotopic (exact) mass is 234 g/mol. The van der Waals surface area contributed by atoms with Gasteiger partial charge in [0.1, 0.15) is 0 Å². The van der Waals surface area contributed by atoms with Gasteiger partial charge in [0.25, 0.3) is 0 Å². The Morgan fingerprint density at radius 2 is 2.18 bits per heavy atom. The molecule has 4 nitrogen and oxygen atoms in total. The number of nitrogens with zero attached hydrogens (tertiary/aromatic N) is 3. The molecule has 1 aromatic heterocycles. The maximum Gasteiger partial charge on any atom is 0.225 e. The Morgan fingerprint density at radius 3 is 2.94 bits per heavy atom. The standard InChI is InChI=1S/C13H22N4/c1-2-7-14-11-12-6-3-4-10-17(12)13-15-8-5-9-16-13/h5,8-9,12,14H,2-4,6-7,10-11H2,1H3. The SMILES string of the molecule is CCCNCC1CCCCN1c1ncccn1. The van der Waals surface area contributed by atoms with E-state index in [1.807, 2.05) is 18.5 Å². The summed E-state index contributed by atoms with van der Waals surface area (Å²) in [5, 5.41) is 3.51. The van der Waals surface area contributed by atoms with E-state index in [0.29, 0.717) is 6.04 Å². The third-order valence-corrected chi connectivity index (χ3v) is 3.24. The van der Waals surface area contributed by atoms with Gasteiger partial charge in [-0.1, -0.05) is 6.92 Å². The van der Waals surface area contributed by atoms with E-state index in [2.05, 4.69) is 27.1 Å². The predicted molar refractivity (Wildman–Crippen MR) is 70.2 cm³/mol. The highest BCUT2D eigenvalue weighted by molar-refractivity contribution is 5.31. The highest BCUT2D eigenvalue weighted by atomic mass is 15.3. The first-order chi connectivity index (χ1) is 8.42. The minimum absolute atomic E-state index is 0.553. The molecule has 0 bridgehead atoms. The van der Waals surface area contributed by atoms with Crippen molar-refractivity contribution in [2.75, 3.05) is 24.5 Å². The second-order valence-electron chi connectivity index (χ2n) is 4.60. The molecule has 2 heterocycles. The molecule has 0 spiro atoms. The number of hydrogen-bond acceptors (Lipinski definition) is 4. The average molecular weight is 234 g/mol. The molecule has 1 saturated heterocycles. The molecule has 1 N–H and O–H groups in total. The molecule has 1 aliphatic heterocycles. The first kappa shape index (κ1) is 12.3. The van der Waals surface area contributed by atoms with Gasteiger partial charge in [-0.05, 0) is 38.3 Å². The van der Waals surface area contributed by atoms with E-state index in [1.54, 1.807) is 0 Å². The summed E-state index contributed by atoms with van der Waals surface area (Å²) >= 11 is 0. The number of piperidine rings is 1. The lowest BCUT2D eigenvalue weighted by Gasteiger charge is -2.35. The number of rotatable bonds is 5. The average Bonchev–Trinajstić information content (AvgIpc) is 2.41. The Bertz CT molecular complexity index is 314. The fraction of sp³-hybridized carbons (Fsp3) is 0.692. The van der Waals surface area contributed by atoms with Crippen molar-refractivity contribution in [1.29, 1.82) is 0 Å². The summed E-state index contributed by atoms with van der Waals surface area (Å²) in [6, 6.07) is 2.43. The highest BCUT2D eigenvalue weighted by Gasteiger charge is 2.23. The van der Waals surface area contributed by atoms with Crippen LogP contribution in [0, 0.1) is 0 Å². The van der Waals surface area contributed by atoms with Gasteiger partial charge in [-0.3, -0.25) is 0 Å². The topological polar surface area (TPSA) is 41.0 Å². The van der Waals surface area contributed by atoms with Crippen molar-refractivity contribution >= 4 is 5.95 Å². The van der Waals surface area contributed by atoms with Gasteiger partial charge in [-0.15, -0.1) is 0 Å². The van der Waals surface area contributed by atoms with Crippen LogP contribution >= 0.6 is 0 Å². The largest absolute Gasteiger partial charge is 0.337 e. The normalized spacial score (nSPS) is 20.5. The summed E-state index contributed by atoms with van der Waals surface area (Å²) in [6.45, 7) is 5.43. The molecule has 1 atom stereocenters. The van der Waals surface area contributed by atoms with Gasteiger partial charge < -0.3 is 10.2 Å². The van der Waals surface area contributed by atoms with Crippen molar-refractivity contribution in [3.05, 3.63) is 18.5 Å². The van der Waals surface area contributed by atoms with Gasteiger partial charge in [-0.2, -0.15) is 0 Å². The van der Waals surface area contributed by atoms with Gasteiger partial charge in [0.2, 0.25) is 5.95 Å². The molecule has 1 unspecified atom stereocenters. The van der Waals surface area contributed by atoms with Crippen LogP contribution in [0.5, 0.6) is 0 Å². The first-order valence-electron chi connectivity index (χ1n) is 6.66. The molecule has 1 aliphatic rings. The number of anilines is 1. The summed E-state index contributed by atoms with van der Waals surface area (Å²) in [7, 11) is 0. The molecular formula is C13H22N4. The van der Waals surface area contributed by atoms with Gasteiger partial charge in [-0.25, -0.2) is 9.97 Å². The molecule has 17 heavy (non-hydrogen) atoms. The summed E-state index contributed by atoms with van der Waals surface area (Å²) in [5.74, 6) is 0.885. The van der Waals surface area contributed by atoms with E-state index < -0.39 is 0 Å². The molecule has 94 valence electrons. The van der Waals surface area contributed by atoms with Gasteiger partial charge in [0, 0.05) is 31.5 Å². The van der Waals surface area contributed by atoms with E-state index in [0.717, 1.165) is 25.6 Å². The van der Waals surface area contributed by atoms with E-state index >= 15 is 0 Å². The minimum atomic E-state index is 0.553. The van der Waals surface area contributed by atoms with Crippen molar-refractivity contribution in [3.8, 4) is 0 Å². The van der Waals surface area contributed by atoms with E-state index in [-0.39, 0.29) is 0 Å². The number of aromatic nitrogens is 2. The summed E-state index contributed by atoms with van der Waals surface area (Å²) in [5.41, 5.74) is 0. The van der Waals surface area contributed by atoms with Crippen molar-refractivity contribution < 1.29 is 0 Å². The van der Waals surface area contributed by atoms with Crippen molar-refractivity contribution in [1.82, 2.24) is 15.3 Å². The zero-order valence-electron chi connectivity index (χ0n) is 10.6. The Hall–Kier alpha value is -1.16. The first-order valence-corrected chi connectivity index (χ1v) is 6.66. The maximum absolute atomic E-state index is 4.37. The van der Waals surface area contributed by atoms with Crippen LogP contribution in [0.15, 0.2) is 18.5 Å². The van der Waals surface area contributed by atoms with Crippen LogP contribution in [0.25, 0.3) is 0 Å². The lowest BCUT2D eigenvalue weighted by atomic mass is 10.0. The smallest absolute Gasteiger partial charge is 0.225 e. The molecule has 0 aliphatic carbocycles. The van der Waals surface area contributed by atoms with Crippen LogP contribution in [0.3, 0.4) is 0 Å². The van der Waals surface area contributed by atoms with Crippen molar-refractivity contribution in [3.63, 3.8) is 0 Å². The van der Waals surface area contributed by atoms with Crippen LogP contribution in [0.1, 0.15) is 32.6 Å². The highest BCUT2D eigenvalue weighted by Crippen LogP contribution is 2.20. The zero-order chi connectivity index (χ0) is 11.9. The van der Waals surface area contributed by atoms with Crippen LogP contribution in [0.2, 0.25) is 0 Å². The Kier molecular flexibility index (Phi) is 4.74. The molecule has 1 aromatic rings. The predicted octanol–water partition coefficient (Wildman–Crippen LogP) is 1.84. The molecule has 0 amide bonds. The van der Waals surface area contributed by atoms with Crippen LogP contribution < -0.4 is 10.2 Å². The number of hydrogen-bond donors (Lipinski definition) is 1. The van der Waals surface area contributed by atoms with E-state index in [4.69, 9.17) is 0 Å². The summed E-state index contributed by atoms with van der Waals surface area (Å²) in [4.78, 5) is 11.1. The molecule has 1 fully saturated rings.